The normalized spacial score (nSPS) is 19.1. The summed E-state index contributed by atoms with van der Waals surface area (Å²) >= 11 is 0. The van der Waals surface area contributed by atoms with Gasteiger partial charge in [0.05, 0.1) is 22.2 Å². The van der Waals surface area contributed by atoms with Crippen LogP contribution in [0.25, 0.3) is 17.0 Å². The lowest BCUT2D eigenvalue weighted by atomic mass is 10.1. The molecule has 2 aromatic rings. The SMILES string of the molecule is C=Cc1cc2c(cnn2C2CCCCO2)cc1[N+](=O)[O-]. The topological polar surface area (TPSA) is 70.2 Å². The van der Waals surface area contributed by atoms with Crippen molar-refractivity contribution in [2.45, 2.75) is 25.5 Å². The number of ether oxygens (including phenoxy) is 1. The summed E-state index contributed by atoms with van der Waals surface area (Å²) in [7, 11) is 0. The molecule has 0 spiro atoms. The first-order valence-corrected chi connectivity index (χ1v) is 6.60. The van der Waals surface area contributed by atoms with Crippen molar-refractivity contribution < 1.29 is 9.66 Å². The van der Waals surface area contributed by atoms with Crippen LogP contribution in [-0.4, -0.2) is 21.3 Å². The summed E-state index contributed by atoms with van der Waals surface area (Å²) in [5.74, 6) is 0. The minimum Gasteiger partial charge on any atom is -0.356 e. The molecule has 104 valence electrons. The van der Waals surface area contributed by atoms with Crippen LogP contribution in [0.15, 0.2) is 24.9 Å². The maximum absolute atomic E-state index is 11.0. The number of nitro benzene ring substituents is 1. The van der Waals surface area contributed by atoms with E-state index in [1.54, 1.807) is 18.3 Å². The highest BCUT2D eigenvalue weighted by Crippen LogP contribution is 2.30. The van der Waals surface area contributed by atoms with E-state index < -0.39 is 4.92 Å². The van der Waals surface area contributed by atoms with Crippen molar-refractivity contribution in [3.8, 4) is 0 Å². The van der Waals surface area contributed by atoms with Crippen LogP contribution < -0.4 is 0 Å². The molecule has 1 unspecified atom stereocenters. The predicted molar refractivity (Wildman–Crippen MR) is 75.3 cm³/mol. The third kappa shape index (κ3) is 2.08. The van der Waals surface area contributed by atoms with Gasteiger partial charge < -0.3 is 4.74 Å². The van der Waals surface area contributed by atoms with Crippen molar-refractivity contribution in [2.75, 3.05) is 6.61 Å². The molecule has 3 rings (SSSR count). The second-order valence-corrected chi connectivity index (χ2v) is 4.84. The highest BCUT2D eigenvalue weighted by atomic mass is 16.6. The van der Waals surface area contributed by atoms with Gasteiger partial charge >= 0.3 is 0 Å². The molecule has 0 saturated carbocycles. The molecule has 1 aromatic heterocycles. The summed E-state index contributed by atoms with van der Waals surface area (Å²) in [6.45, 7) is 4.37. The van der Waals surface area contributed by atoms with Gasteiger partial charge in [0.1, 0.15) is 0 Å². The molecule has 6 heteroatoms. The molecule has 20 heavy (non-hydrogen) atoms. The first kappa shape index (κ1) is 12.8. The fraction of sp³-hybridized carbons (Fsp3) is 0.357. The van der Waals surface area contributed by atoms with E-state index in [0.29, 0.717) is 5.56 Å². The Kier molecular flexibility index (Phi) is 3.23. The lowest BCUT2D eigenvalue weighted by Gasteiger charge is -2.23. The van der Waals surface area contributed by atoms with Gasteiger partial charge in [-0.2, -0.15) is 5.10 Å². The summed E-state index contributed by atoms with van der Waals surface area (Å²) in [6, 6.07) is 3.30. The number of benzene rings is 1. The quantitative estimate of drug-likeness (QED) is 0.635. The molecule has 6 nitrogen and oxygen atoms in total. The number of aromatic nitrogens is 2. The Labute approximate surface area is 115 Å². The second-order valence-electron chi connectivity index (χ2n) is 4.84. The summed E-state index contributed by atoms with van der Waals surface area (Å²) in [5, 5.41) is 16.1. The van der Waals surface area contributed by atoms with Crippen molar-refractivity contribution in [1.82, 2.24) is 9.78 Å². The lowest BCUT2D eigenvalue weighted by molar-refractivity contribution is -0.384. The Morgan fingerprint density at radius 1 is 1.50 bits per heavy atom. The van der Waals surface area contributed by atoms with Crippen LogP contribution in [0.5, 0.6) is 0 Å². The van der Waals surface area contributed by atoms with Crippen LogP contribution in [-0.2, 0) is 4.74 Å². The molecule has 1 aromatic carbocycles. The van der Waals surface area contributed by atoms with Gasteiger partial charge in [-0.25, -0.2) is 4.68 Å². The van der Waals surface area contributed by atoms with E-state index in [-0.39, 0.29) is 11.9 Å². The van der Waals surface area contributed by atoms with Gasteiger partial charge in [0.25, 0.3) is 5.69 Å². The summed E-state index contributed by atoms with van der Waals surface area (Å²) in [4.78, 5) is 10.6. The molecule has 0 bridgehead atoms. The van der Waals surface area contributed by atoms with Crippen molar-refractivity contribution in [2.24, 2.45) is 0 Å². The highest BCUT2D eigenvalue weighted by molar-refractivity contribution is 5.85. The molecule has 1 saturated heterocycles. The predicted octanol–water partition coefficient (Wildman–Crippen LogP) is 3.29. The highest BCUT2D eigenvalue weighted by Gasteiger charge is 2.21. The number of fused-ring (bicyclic) bond motifs is 1. The second kappa shape index (κ2) is 5.05. The maximum Gasteiger partial charge on any atom is 0.277 e. The minimum absolute atomic E-state index is 0.0524. The molecule has 1 atom stereocenters. The zero-order valence-corrected chi connectivity index (χ0v) is 11.0. The average molecular weight is 273 g/mol. The monoisotopic (exact) mass is 273 g/mol. The molecule has 1 aliphatic heterocycles. The standard InChI is InChI=1S/C14H15N3O3/c1-2-10-7-12-11(8-13(10)17(18)19)9-15-16(12)14-5-3-4-6-20-14/h2,7-9,14H,1,3-6H2. The van der Waals surface area contributed by atoms with Crippen LogP contribution in [0.2, 0.25) is 0 Å². The Balaban J connectivity index is 2.11. The van der Waals surface area contributed by atoms with Gasteiger partial charge in [-0.05, 0) is 25.3 Å². The van der Waals surface area contributed by atoms with Gasteiger partial charge in [0.15, 0.2) is 6.23 Å². The first-order chi connectivity index (χ1) is 9.70. The molecule has 0 radical (unpaired) electrons. The fourth-order valence-electron chi connectivity index (χ4n) is 2.57. The molecule has 2 heterocycles. The molecule has 0 amide bonds. The van der Waals surface area contributed by atoms with Gasteiger partial charge in [0, 0.05) is 18.1 Å². The van der Waals surface area contributed by atoms with Gasteiger partial charge in [-0.3, -0.25) is 10.1 Å². The van der Waals surface area contributed by atoms with E-state index in [2.05, 4.69) is 11.7 Å². The zero-order chi connectivity index (χ0) is 14.1. The molecular formula is C14H15N3O3. The number of nitro groups is 1. The third-order valence-corrected chi connectivity index (χ3v) is 3.59. The lowest BCUT2D eigenvalue weighted by Crippen LogP contribution is -2.18. The van der Waals surface area contributed by atoms with Crippen LogP contribution >= 0.6 is 0 Å². The van der Waals surface area contributed by atoms with Crippen LogP contribution in [0, 0.1) is 10.1 Å². The fourth-order valence-corrected chi connectivity index (χ4v) is 2.57. The number of hydrogen-bond donors (Lipinski definition) is 0. The zero-order valence-electron chi connectivity index (χ0n) is 11.0. The van der Waals surface area contributed by atoms with Gasteiger partial charge in [-0.1, -0.05) is 12.7 Å². The smallest absolute Gasteiger partial charge is 0.277 e. The van der Waals surface area contributed by atoms with Crippen molar-refractivity contribution in [1.29, 1.82) is 0 Å². The third-order valence-electron chi connectivity index (χ3n) is 3.59. The Morgan fingerprint density at radius 3 is 3.00 bits per heavy atom. The summed E-state index contributed by atoms with van der Waals surface area (Å²) in [6.07, 6.45) is 6.15. The van der Waals surface area contributed by atoms with Crippen molar-refractivity contribution in [3.05, 3.63) is 40.6 Å². The number of hydrogen-bond acceptors (Lipinski definition) is 4. The molecule has 0 N–H and O–H groups in total. The Morgan fingerprint density at radius 2 is 2.35 bits per heavy atom. The Hall–Kier alpha value is -2.21. The number of nitrogens with zero attached hydrogens (tertiary/aromatic N) is 3. The van der Waals surface area contributed by atoms with Crippen LogP contribution in [0.1, 0.15) is 31.1 Å². The van der Waals surface area contributed by atoms with Crippen molar-refractivity contribution in [3.63, 3.8) is 0 Å². The molecule has 0 aliphatic carbocycles. The molecule has 1 aliphatic rings. The van der Waals surface area contributed by atoms with Crippen LogP contribution in [0.4, 0.5) is 5.69 Å². The van der Waals surface area contributed by atoms with Gasteiger partial charge in [-0.15, -0.1) is 0 Å². The summed E-state index contributed by atoms with van der Waals surface area (Å²) in [5.41, 5.74) is 1.40. The van der Waals surface area contributed by atoms with E-state index in [1.165, 1.54) is 6.08 Å². The van der Waals surface area contributed by atoms with E-state index in [9.17, 15) is 10.1 Å². The van der Waals surface area contributed by atoms with Crippen LogP contribution in [0.3, 0.4) is 0 Å². The van der Waals surface area contributed by atoms with E-state index in [4.69, 9.17) is 4.74 Å². The average Bonchev–Trinajstić information content (AvgIpc) is 2.89. The number of rotatable bonds is 3. The van der Waals surface area contributed by atoms with Gasteiger partial charge in [0.2, 0.25) is 0 Å². The minimum atomic E-state index is -0.398. The van der Waals surface area contributed by atoms with E-state index in [0.717, 1.165) is 36.8 Å². The first-order valence-electron chi connectivity index (χ1n) is 6.60. The van der Waals surface area contributed by atoms with E-state index >= 15 is 0 Å². The van der Waals surface area contributed by atoms with Crippen molar-refractivity contribution >= 4 is 22.7 Å². The maximum atomic E-state index is 11.0. The largest absolute Gasteiger partial charge is 0.356 e. The Bertz CT molecular complexity index is 672. The summed E-state index contributed by atoms with van der Waals surface area (Å²) < 4.78 is 7.53. The molecular weight excluding hydrogens is 258 g/mol. The molecule has 1 fully saturated rings. The van der Waals surface area contributed by atoms with E-state index in [1.807, 2.05) is 4.68 Å².